The average Bonchev–Trinajstić information content (AvgIpc) is 2.48. The van der Waals surface area contributed by atoms with E-state index in [1.807, 2.05) is 6.92 Å². The first-order chi connectivity index (χ1) is 10.0. The van der Waals surface area contributed by atoms with Gasteiger partial charge in [-0.2, -0.15) is 4.98 Å². The predicted octanol–water partition coefficient (Wildman–Crippen LogP) is 3.54. The number of aromatic nitrogens is 2. The van der Waals surface area contributed by atoms with E-state index in [0.29, 0.717) is 34.2 Å². The number of hydrogen-bond acceptors (Lipinski definition) is 6. The van der Waals surface area contributed by atoms with Crippen molar-refractivity contribution in [2.45, 2.75) is 13.3 Å². The zero-order valence-electron chi connectivity index (χ0n) is 11.5. The van der Waals surface area contributed by atoms with Gasteiger partial charge >= 0.3 is 0 Å². The molecule has 0 unspecified atom stereocenters. The number of benzene rings is 1. The summed E-state index contributed by atoms with van der Waals surface area (Å²) in [6, 6.07) is 5.93. The Hall–Kier alpha value is -2.22. The second-order valence-corrected chi connectivity index (χ2v) is 4.94. The molecule has 0 amide bonds. The van der Waals surface area contributed by atoms with E-state index in [2.05, 4.69) is 31.2 Å². The second kappa shape index (κ2) is 6.49. The van der Waals surface area contributed by atoms with Crippen LogP contribution in [0.1, 0.15) is 12.7 Å². The molecule has 8 heteroatoms. The van der Waals surface area contributed by atoms with Crippen LogP contribution in [-0.4, -0.2) is 21.9 Å². The molecule has 0 saturated heterocycles. The number of nitrogens with one attached hydrogen (secondary N) is 1. The molecule has 0 aliphatic carbocycles. The van der Waals surface area contributed by atoms with Gasteiger partial charge in [0.05, 0.1) is 15.5 Å². The van der Waals surface area contributed by atoms with Crippen LogP contribution in [0.2, 0.25) is 0 Å². The number of nitro groups is 1. The number of halogens is 1. The third kappa shape index (κ3) is 3.66. The van der Waals surface area contributed by atoms with Gasteiger partial charge in [-0.05, 0) is 22.0 Å². The van der Waals surface area contributed by atoms with Crippen LogP contribution in [0.25, 0.3) is 0 Å². The van der Waals surface area contributed by atoms with E-state index < -0.39 is 4.92 Å². The maximum atomic E-state index is 10.8. The molecule has 0 aliphatic heterocycles. The summed E-state index contributed by atoms with van der Waals surface area (Å²) >= 11 is 3.30. The fourth-order valence-corrected chi connectivity index (χ4v) is 1.94. The van der Waals surface area contributed by atoms with Crippen molar-refractivity contribution in [3.05, 3.63) is 44.7 Å². The molecule has 1 aromatic carbocycles. The van der Waals surface area contributed by atoms with Gasteiger partial charge in [0, 0.05) is 25.6 Å². The summed E-state index contributed by atoms with van der Waals surface area (Å²) in [7, 11) is 1.74. The van der Waals surface area contributed by atoms with Crippen LogP contribution in [0.3, 0.4) is 0 Å². The van der Waals surface area contributed by atoms with Crippen LogP contribution in [0.15, 0.2) is 28.7 Å². The summed E-state index contributed by atoms with van der Waals surface area (Å²) in [5, 5.41) is 13.7. The highest BCUT2D eigenvalue weighted by molar-refractivity contribution is 9.10. The lowest BCUT2D eigenvalue weighted by Gasteiger charge is -2.09. The molecular weight excluding hydrogens is 340 g/mol. The van der Waals surface area contributed by atoms with E-state index >= 15 is 0 Å². The largest absolute Gasteiger partial charge is 0.437 e. The Bertz CT molecular complexity index is 656. The molecule has 110 valence electrons. The van der Waals surface area contributed by atoms with Gasteiger partial charge in [-0.3, -0.25) is 10.1 Å². The molecule has 0 radical (unpaired) electrons. The summed E-state index contributed by atoms with van der Waals surface area (Å²) in [4.78, 5) is 18.8. The normalized spacial score (nSPS) is 10.2. The maximum Gasteiger partial charge on any atom is 0.273 e. The number of anilines is 1. The van der Waals surface area contributed by atoms with Crippen LogP contribution < -0.4 is 10.1 Å². The molecule has 2 rings (SSSR count). The molecule has 0 aliphatic rings. The van der Waals surface area contributed by atoms with Gasteiger partial charge in [0.2, 0.25) is 5.88 Å². The molecule has 0 bridgehead atoms. The average molecular weight is 353 g/mol. The quantitative estimate of drug-likeness (QED) is 0.653. The number of hydrogen-bond donors (Lipinski definition) is 1. The van der Waals surface area contributed by atoms with E-state index in [9.17, 15) is 10.1 Å². The maximum absolute atomic E-state index is 10.8. The van der Waals surface area contributed by atoms with Crippen molar-refractivity contribution >= 4 is 27.4 Å². The van der Waals surface area contributed by atoms with Gasteiger partial charge in [0.1, 0.15) is 11.6 Å². The van der Waals surface area contributed by atoms with Crippen LogP contribution >= 0.6 is 15.9 Å². The molecule has 1 aromatic heterocycles. The number of ether oxygens (including phenoxy) is 1. The third-order valence-electron chi connectivity index (χ3n) is 2.66. The van der Waals surface area contributed by atoms with Crippen LogP contribution in [-0.2, 0) is 6.42 Å². The van der Waals surface area contributed by atoms with E-state index in [4.69, 9.17) is 4.74 Å². The third-order valence-corrected chi connectivity index (χ3v) is 3.32. The molecule has 1 N–H and O–H groups in total. The molecule has 2 aromatic rings. The van der Waals surface area contributed by atoms with Crippen molar-refractivity contribution in [3.63, 3.8) is 0 Å². The highest BCUT2D eigenvalue weighted by atomic mass is 79.9. The lowest BCUT2D eigenvalue weighted by molar-refractivity contribution is -0.384. The minimum absolute atomic E-state index is 0.0492. The molecule has 21 heavy (non-hydrogen) atoms. The molecule has 1 heterocycles. The number of aryl methyl sites for hydroxylation is 1. The summed E-state index contributed by atoms with van der Waals surface area (Å²) in [6.45, 7) is 1.93. The predicted molar refractivity (Wildman–Crippen MR) is 81.8 cm³/mol. The van der Waals surface area contributed by atoms with Gasteiger partial charge in [-0.25, -0.2) is 4.98 Å². The molecule has 0 spiro atoms. The van der Waals surface area contributed by atoms with E-state index in [1.165, 1.54) is 12.1 Å². The summed E-state index contributed by atoms with van der Waals surface area (Å²) < 4.78 is 6.25. The lowest BCUT2D eigenvalue weighted by atomic mass is 10.3. The van der Waals surface area contributed by atoms with Crippen molar-refractivity contribution in [2.75, 3.05) is 12.4 Å². The van der Waals surface area contributed by atoms with Crippen molar-refractivity contribution < 1.29 is 9.66 Å². The zero-order chi connectivity index (χ0) is 15.4. The Labute approximate surface area is 129 Å². The van der Waals surface area contributed by atoms with Crippen LogP contribution in [0.4, 0.5) is 11.5 Å². The fraction of sp³-hybridized carbons (Fsp3) is 0.231. The van der Waals surface area contributed by atoms with Gasteiger partial charge < -0.3 is 10.1 Å². The number of nitrogens with zero attached hydrogens (tertiary/aromatic N) is 3. The number of rotatable bonds is 5. The Balaban J connectivity index is 2.37. The van der Waals surface area contributed by atoms with E-state index in [-0.39, 0.29) is 5.69 Å². The SMILES string of the molecule is CCc1nc(NC)cc(Oc2cc([N+](=O)[O-])ccc2Br)n1. The first kappa shape index (κ1) is 15.2. The van der Waals surface area contributed by atoms with Gasteiger partial charge in [-0.1, -0.05) is 6.92 Å². The van der Waals surface area contributed by atoms with Crippen LogP contribution in [0.5, 0.6) is 11.6 Å². The Morgan fingerprint density at radius 3 is 2.76 bits per heavy atom. The number of non-ortho nitro benzene ring substituents is 1. The summed E-state index contributed by atoms with van der Waals surface area (Å²) in [6.07, 6.45) is 0.655. The van der Waals surface area contributed by atoms with E-state index in [0.717, 1.165) is 0 Å². The monoisotopic (exact) mass is 352 g/mol. The smallest absolute Gasteiger partial charge is 0.273 e. The highest BCUT2D eigenvalue weighted by Gasteiger charge is 2.13. The Morgan fingerprint density at radius 1 is 1.38 bits per heavy atom. The van der Waals surface area contributed by atoms with Crippen molar-refractivity contribution in [1.29, 1.82) is 0 Å². The van der Waals surface area contributed by atoms with E-state index in [1.54, 1.807) is 19.2 Å². The summed E-state index contributed by atoms with van der Waals surface area (Å²) in [5.41, 5.74) is -0.0492. The highest BCUT2D eigenvalue weighted by Crippen LogP contribution is 2.32. The fourth-order valence-electron chi connectivity index (χ4n) is 1.61. The molecule has 0 fully saturated rings. The lowest BCUT2D eigenvalue weighted by Crippen LogP contribution is -2.01. The van der Waals surface area contributed by atoms with Crippen molar-refractivity contribution in [1.82, 2.24) is 9.97 Å². The molecular formula is C13H13BrN4O3. The summed E-state index contributed by atoms with van der Waals surface area (Å²) in [5.74, 6) is 1.90. The molecule has 7 nitrogen and oxygen atoms in total. The molecule has 0 saturated carbocycles. The zero-order valence-corrected chi connectivity index (χ0v) is 13.0. The minimum atomic E-state index is -0.476. The molecule has 0 atom stereocenters. The first-order valence-corrected chi connectivity index (χ1v) is 7.00. The van der Waals surface area contributed by atoms with Gasteiger partial charge in [0.15, 0.2) is 5.75 Å². The van der Waals surface area contributed by atoms with Gasteiger partial charge in [0.25, 0.3) is 5.69 Å². The van der Waals surface area contributed by atoms with Crippen LogP contribution in [0, 0.1) is 10.1 Å². The number of nitro benzene ring substituents is 1. The Kier molecular flexibility index (Phi) is 4.69. The minimum Gasteiger partial charge on any atom is -0.437 e. The van der Waals surface area contributed by atoms with Crippen molar-refractivity contribution in [3.8, 4) is 11.6 Å². The first-order valence-electron chi connectivity index (χ1n) is 6.21. The topological polar surface area (TPSA) is 90.2 Å². The van der Waals surface area contributed by atoms with Gasteiger partial charge in [-0.15, -0.1) is 0 Å². The Morgan fingerprint density at radius 2 is 2.14 bits per heavy atom. The van der Waals surface area contributed by atoms with Crippen molar-refractivity contribution in [2.24, 2.45) is 0 Å². The second-order valence-electron chi connectivity index (χ2n) is 4.09. The standard InChI is InChI=1S/C13H13BrN4O3/c1-3-11-16-12(15-2)7-13(17-11)21-10-6-8(18(19)20)4-5-9(10)14/h4-7H,3H2,1-2H3,(H,15,16,17).